The molecule has 0 saturated carbocycles. The highest BCUT2D eigenvalue weighted by molar-refractivity contribution is 6.02. The molecule has 6 nitrogen and oxygen atoms in total. The molecule has 3 rings (SSSR count). The van der Waals surface area contributed by atoms with Crippen LogP contribution in [0.15, 0.2) is 42.6 Å². The van der Waals surface area contributed by atoms with Crippen LogP contribution in [0.25, 0.3) is 0 Å². The van der Waals surface area contributed by atoms with Crippen LogP contribution in [0.4, 0.5) is 5.69 Å². The van der Waals surface area contributed by atoms with E-state index in [0.717, 1.165) is 11.3 Å². The van der Waals surface area contributed by atoms with Crippen LogP contribution in [0.1, 0.15) is 32.0 Å². The molecular formula is C20H23N3O3. The minimum absolute atomic E-state index is 0.0460. The van der Waals surface area contributed by atoms with Gasteiger partial charge in [0.2, 0.25) is 5.91 Å². The number of hydrogen-bond acceptors (Lipinski definition) is 4. The minimum Gasteiger partial charge on any atom is -0.482 e. The van der Waals surface area contributed by atoms with Crippen molar-refractivity contribution in [1.29, 1.82) is 0 Å². The summed E-state index contributed by atoms with van der Waals surface area (Å²) in [6, 6.07) is 11.3. The van der Waals surface area contributed by atoms with E-state index in [1.807, 2.05) is 36.4 Å². The van der Waals surface area contributed by atoms with Gasteiger partial charge in [-0.2, -0.15) is 0 Å². The van der Waals surface area contributed by atoms with Crippen LogP contribution in [0.5, 0.6) is 5.75 Å². The number of anilines is 1. The lowest BCUT2D eigenvalue weighted by molar-refractivity contribution is -0.125. The number of ether oxygens (including phenoxy) is 1. The van der Waals surface area contributed by atoms with Crippen molar-refractivity contribution in [2.75, 3.05) is 18.1 Å². The zero-order valence-corrected chi connectivity index (χ0v) is 15.3. The number of fused-ring (bicyclic) bond motifs is 1. The molecule has 1 aromatic carbocycles. The van der Waals surface area contributed by atoms with Gasteiger partial charge in [-0.05, 0) is 35.2 Å². The van der Waals surface area contributed by atoms with Crippen LogP contribution in [0.2, 0.25) is 0 Å². The van der Waals surface area contributed by atoms with Gasteiger partial charge in [-0.1, -0.05) is 32.9 Å². The number of aromatic nitrogens is 1. The lowest BCUT2D eigenvalue weighted by atomic mass is 9.86. The van der Waals surface area contributed by atoms with Crippen molar-refractivity contribution >= 4 is 17.5 Å². The SMILES string of the molecule is CC(C)(C)c1ccc2c(c1)N(CC(=O)NCc1ccccn1)C(=O)CO2. The van der Waals surface area contributed by atoms with Gasteiger partial charge in [0.15, 0.2) is 6.61 Å². The summed E-state index contributed by atoms with van der Waals surface area (Å²) in [7, 11) is 0. The van der Waals surface area contributed by atoms with Crippen LogP contribution >= 0.6 is 0 Å². The summed E-state index contributed by atoms with van der Waals surface area (Å²) in [5.41, 5.74) is 2.42. The van der Waals surface area contributed by atoms with Crippen molar-refractivity contribution in [2.45, 2.75) is 32.7 Å². The molecule has 0 atom stereocenters. The largest absolute Gasteiger partial charge is 0.482 e. The first-order valence-electron chi connectivity index (χ1n) is 8.59. The van der Waals surface area contributed by atoms with Gasteiger partial charge >= 0.3 is 0 Å². The first kappa shape index (κ1) is 17.9. The topological polar surface area (TPSA) is 71.5 Å². The fourth-order valence-electron chi connectivity index (χ4n) is 2.73. The normalized spacial score (nSPS) is 13.8. The maximum Gasteiger partial charge on any atom is 0.265 e. The highest BCUT2D eigenvalue weighted by Gasteiger charge is 2.29. The lowest BCUT2D eigenvalue weighted by Crippen LogP contribution is -2.45. The molecule has 0 fully saturated rings. The average molecular weight is 353 g/mol. The van der Waals surface area contributed by atoms with E-state index in [2.05, 4.69) is 31.1 Å². The zero-order chi connectivity index (χ0) is 18.7. The second-order valence-corrected chi connectivity index (χ2v) is 7.30. The first-order chi connectivity index (χ1) is 12.3. The quantitative estimate of drug-likeness (QED) is 0.916. The number of hydrogen-bond donors (Lipinski definition) is 1. The Morgan fingerprint density at radius 1 is 1.27 bits per heavy atom. The summed E-state index contributed by atoms with van der Waals surface area (Å²) >= 11 is 0. The van der Waals surface area contributed by atoms with Crippen molar-refractivity contribution < 1.29 is 14.3 Å². The van der Waals surface area contributed by atoms with E-state index in [9.17, 15) is 9.59 Å². The van der Waals surface area contributed by atoms with Crippen molar-refractivity contribution in [3.8, 4) is 5.75 Å². The maximum atomic E-state index is 12.3. The van der Waals surface area contributed by atoms with E-state index in [0.29, 0.717) is 18.0 Å². The second kappa shape index (κ2) is 7.15. The Morgan fingerprint density at radius 3 is 2.77 bits per heavy atom. The van der Waals surface area contributed by atoms with E-state index in [4.69, 9.17) is 4.74 Å². The summed E-state index contributed by atoms with van der Waals surface area (Å²) < 4.78 is 5.51. The Labute approximate surface area is 153 Å². The third kappa shape index (κ3) is 4.02. The van der Waals surface area contributed by atoms with Gasteiger partial charge in [0.25, 0.3) is 5.91 Å². The van der Waals surface area contributed by atoms with Gasteiger partial charge in [-0.25, -0.2) is 0 Å². The number of rotatable bonds is 4. The van der Waals surface area contributed by atoms with Gasteiger partial charge in [0.1, 0.15) is 12.3 Å². The summed E-state index contributed by atoms with van der Waals surface area (Å²) in [5, 5.41) is 2.81. The molecule has 0 bridgehead atoms. The molecule has 2 heterocycles. The number of nitrogens with one attached hydrogen (secondary N) is 1. The number of carbonyl (C=O) groups is 2. The summed E-state index contributed by atoms with van der Waals surface area (Å²) in [6.45, 7) is 6.52. The van der Waals surface area contributed by atoms with Crippen LogP contribution in [0, 0.1) is 0 Å². The molecule has 0 unspecified atom stereocenters. The van der Waals surface area contributed by atoms with Crippen molar-refractivity contribution in [2.24, 2.45) is 0 Å². The Balaban J connectivity index is 1.75. The number of amides is 2. The predicted molar refractivity (Wildman–Crippen MR) is 99.1 cm³/mol. The standard InChI is InChI=1S/C20H23N3O3/c1-20(2,3)14-7-8-17-16(10-14)23(19(25)13-26-17)12-18(24)22-11-15-6-4-5-9-21-15/h4-10H,11-13H2,1-3H3,(H,22,24). The van der Waals surface area contributed by atoms with Gasteiger partial charge in [0.05, 0.1) is 17.9 Å². The van der Waals surface area contributed by atoms with Gasteiger partial charge < -0.3 is 10.1 Å². The number of nitrogens with zero attached hydrogens (tertiary/aromatic N) is 2. The minimum atomic E-state index is -0.238. The summed E-state index contributed by atoms with van der Waals surface area (Å²) in [5.74, 6) is 0.157. The molecule has 1 N–H and O–H groups in total. The maximum absolute atomic E-state index is 12.3. The zero-order valence-electron chi connectivity index (χ0n) is 15.3. The molecule has 2 aromatic rings. The molecule has 0 radical (unpaired) electrons. The highest BCUT2D eigenvalue weighted by Crippen LogP contribution is 2.36. The Hall–Kier alpha value is -2.89. The van der Waals surface area contributed by atoms with Gasteiger partial charge in [-0.15, -0.1) is 0 Å². The van der Waals surface area contributed by atoms with Crippen molar-refractivity contribution in [3.63, 3.8) is 0 Å². The molecule has 6 heteroatoms. The van der Waals surface area contributed by atoms with Crippen LogP contribution in [0.3, 0.4) is 0 Å². The molecule has 1 aliphatic rings. The summed E-state index contributed by atoms with van der Waals surface area (Å²) in [6.07, 6.45) is 1.68. The third-order valence-corrected chi connectivity index (χ3v) is 4.26. The van der Waals surface area contributed by atoms with Crippen LogP contribution in [-0.2, 0) is 21.5 Å². The van der Waals surface area contributed by atoms with E-state index in [-0.39, 0.29) is 30.4 Å². The second-order valence-electron chi connectivity index (χ2n) is 7.30. The van der Waals surface area contributed by atoms with Crippen LogP contribution < -0.4 is 15.0 Å². The van der Waals surface area contributed by atoms with Gasteiger partial charge in [0, 0.05) is 6.20 Å². The fraction of sp³-hybridized carbons (Fsp3) is 0.350. The smallest absolute Gasteiger partial charge is 0.265 e. The molecule has 0 saturated heterocycles. The Bertz CT molecular complexity index is 813. The highest BCUT2D eigenvalue weighted by atomic mass is 16.5. The number of benzene rings is 1. The molecule has 0 spiro atoms. The fourth-order valence-corrected chi connectivity index (χ4v) is 2.73. The lowest BCUT2D eigenvalue weighted by Gasteiger charge is -2.31. The Morgan fingerprint density at radius 2 is 2.08 bits per heavy atom. The summed E-state index contributed by atoms with van der Waals surface area (Å²) in [4.78, 5) is 30.3. The van der Waals surface area contributed by atoms with Crippen molar-refractivity contribution in [3.05, 3.63) is 53.9 Å². The molecule has 0 aliphatic carbocycles. The van der Waals surface area contributed by atoms with E-state index in [1.54, 1.807) is 6.20 Å². The Kier molecular flexibility index (Phi) is 4.93. The van der Waals surface area contributed by atoms with E-state index >= 15 is 0 Å². The molecule has 1 aliphatic heterocycles. The first-order valence-corrected chi connectivity index (χ1v) is 8.59. The average Bonchev–Trinajstić information content (AvgIpc) is 2.62. The van der Waals surface area contributed by atoms with E-state index < -0.39 is 0 Å². The molecular weight excluding hydrogens is 330 g/mol. The molecule has 2 amide bonds. The molecule has 1 aromatic heterocycles. The predicted octanol–water partition coefficient (Wildman–Crippen LogP) is 2.42. The number of pyridine rings is 1. The number of carbonyl (C=O) groups excluding carboxylic acids is 2. The van der Waals surface area contributed by atoms with Crippen LogP contribution in [-0.4, -0.2) is 29.9 Å². The monoisotopic (exact) mass is 353 g/mol. The van der Waals surface area contributed by atoms with Crippen molar-refractivity contribution in [1.82, 2.24) is 10.3 Å². The van der Waals surface area contributed by atoms with E-state index in [1.165, 1.54) is 4.90 Å². The molecule has 26 heavy (non-hydrogen) atoms. The van der Waals surface area contributed by atoms with Gasteiger partial charge in [-0.3, -0.25) is 19.5 Å². The molecule has 136 valence electrons. The third-order valence-electron chi connectivity index (χ3n) is 4.26.